The highest BCUT2D eigenvalue weighted by Gasteiger charge is 2.24. The van der Waals surface area contributed by atoms with Gasteiger partial charge in [-0.05, 0) is 6.92 Å². The third-order valence-corrected chi connectivity index (χ3v) is 4.12. The van der Waals surface area contributed by atoms with Gasteiger partial charge in [-0.1, -0.05) is 0 Å². The maximum atomic E-state index is 11.8. The highest BCUT2D eigenvalue weighted by molar-refractivity contribution is 7.89. The van der Waals surface area contributed by atoms with E-state index >= 15 is 0 Å². The lowest BCUT2D eigenvalue weighted by atomic mass is 10.6. The molecule has 0 N–H and O–H groups in total. The van der Waals surface area contributed by atoms with Gasteiger partial charge in [0.25, 0.3) is 0 Å². The zero-order chi connectivity index (χ0) is 13.3. The molecule has 0 saturated heterocycles. The van der Waals surface area contributed by atoms with Crippen molar-refractivity contribution in [3.63, 3.8) is 0 Å². The molecule has 0 heterocycles. The molecule has 0 unspecified atom stereocenters. The van der Waals surface area contributed by atoms with Crippen LogP contribution in [0.2, 0.25) is 0 Å². The molecule has 0 aromatic carbocycles. The van der Waals surface area contributed by atoms with Crippen molar-refractivity contribution in [1.29, 1.82) is 0 Å². The number of nitrogens with zero attached hydrogens (tertiary/aromatic N) is 1. The second-order valence-corrected chi connectivity index (χ2v) is 5.60. The second kappa shape index (κ2) is 8.68. The first-order valence-electron chi connectivity index (χ1n) is 5.16. The van der Waals surface area contributed by atoms with E-state index in [1.807, 2.05) is 0 Å². The van der Waals surface area contributed by atoms with Crippen LogP contribution in [0.15, 0.2) is 0 Å². The Kier molecular flexibility index (Phi) is 8.49. The predicted octanol–water partition coefficient (Wildman–Crippen LogP) is 0.0665. The molecule has 102 valence electrons. The molecule has 0 rings (SSSR count). The normalized spacial score (nSPS) is 11.8. The Balaban J connectivity index is 4.58. The third-order valence-electron chi connectivity index (χ3n) is 1.88. The van der Waals surface area contributed by atoms with Gasteiger partial charge in [-0.15, -0.1) is 11.6 Å². The lowest BCUT2D eigenvalue weighted by molar-refractivity contribution is -0.143. The second-order valence-electron chi connectivity index (χ2n) is 3.14. The molecule has 0 aliphatic heterocycles. The topological polar surface area (TPSA) is 72.9 Å². The van der Waals surface area contributed by atoms with E-state index in [-0.39, 0.29) is 37.9 Å². The van der Waals surface area contributed by atoms with Crippen molar-refractivity contribution in [3.8, 4) is 0 Å². The van der Waals surface area contributed by atoms with Gasteiger partial charge in [0.2, 0.25) is 10.0 Å². The van der Waals surface area contributed by atoms with Crippen molar-refractivity contribution in [1.82, 2.24) is 4.31 Å². The summed E-state index contributed by atoms with van der Waals surface area (Å²) in [4.78, 5) is 11.3. The molecule has 0 aromatic heterocycles. The van der Waals surface area contributed by atoms with E-state index in [9.17, 15) is 13.2 Å². The molecule has 0 fully saturated rings. The average molecular weight is 288 g/mol. The fourth-order valence-electron chi connectivity index (χ4n) is 1.09. The van der Waals surface area contributed by atoms with Gasteiger partial charge in [0, 0.05) is 19.5 Å². The quantitative estimate of drug-likeness (QED) is 0.443. The first kappa shape index (κ1) is 16.6. The van der Waals surface area contributed by atoms with Crippen LogP contribution in [-0.2, 0) is 24.3 Å². The summed E-state index contributed by atoms with van der Waals surface area (Å²) < 4.78 is 34.0. The number of halogens is 1. The van der Waals surface area contributed by atoms with E-state index in [1.165, 1.54) is 7.11 Å². The number of alkyl halides is 1. The number of ether oxygens (including phenoxy) is 2. The monoisotopic (exact) mass is 287 g/mol. The number of esters is 1. The minimum Gasteiger partial charge on any atom is -0.465 e. The molecular formula is C9H18ClNO5S. The van der Waals surface area contributed by atoms with Gasteiger partial charge >= 0.3 is 5.97 Å². The zero-order valence-corrected chi connectivity index (χ0v) is 11.6. The van der Waals surface area contributed by atoms with Crippen LogP contribution in [0.3, 0.4) is 0 Å². The molecule has 0 atom stereocenters. The Morgan fingerprint density at radius 1 is 1.41 bits per heavy atom. The molecule has 17 heavy (non-hydrogen) atoms. The van der Waals surface area contributed by atoms with Gasteiger partial charge in [0.05, 0.1) is 19.0 Å². The van der Waals surface area contributed by atoms with Crippen LogP contribution >= 0.6 is 11.6 Å². The molecule has 0 amide bonds. The van der Waals surface area contributed by atoms with Crippen LogP contribution in [0.25, 0.3) is 0 Å². The van der Waals surface area contributed by atoms with Crippen molar-refractivity contribution in [2.75, 3.05) is 45.0 Å². The number of rotatable bonds is 9. The summed E-state index contributed by atoms with van der Waals surface area (Å²) in [5.41, 5.74) is 0. The van der Waals surface area contributed by atoms with Gasteiger partial charge in [-0.2, -0.15) is 4.31 Å². The molecular weight excluding hydrogens is 270 g/mol. The number of sulfonamides is 1. The summed E-state index contributed by atoms with van der Waals surface area (Å²) in [6, 6.07) is 0. The van der Waals surface area contributed by atoms with E-state index in [0.29, 0.717) is 0 Å². The van der Waals surface area contributed by atoms with Gasteiger partial charge in [0.1, 0.15) is 6.54 Å². The van der Waals surface area contributed by atoms with Gasteiger partial charge in [-0.3, -0.25) is 4.79 Å². The summed E-state index contributed by atoms with van der Waals surface area (Å²) in [7, 11) is -2.08. The van der Waals surface area contributed by atoms with Gasteiger partial charge in [-0.25, -0.2) is 8.42 Å². The Labute approximate surface area is 107 Å². The van der Waals surface area contributed by atoms with Crippen LogP contribution in [0.5, 0.6) is 0 Å². The molecule has 8 heteroatoms. The summed E-state index contributed by atoms with van der Waals surface area (Å²) in [6.45, 7) is 1.88. The van der Waals surface area contributed by atoms with E-state index < -0.39 is 16.0 Å². The Bertz CT molecular complexity index is 319. The number of hydrogen-bond acceptors (Lipinski definition) is 5. The predicted molar refractivity (Wildman–Crippen MR) is 64.6 cm³/mol. The Morgan fingerprint density at radius 3 is 2.53 bits per heavy atom. The third kappa shape index (κ3) is 6.82. The fourth-order valence-corrected chi connectivity index (χ4v) is 2.78. The summed E-state index contributed by atoms with van der Waals surface area (Å²) in [6.07, 6.45) is 0. The Morgan fingerprint density at radius 2 is 2.06 bits per heavy atom. The van der Waals surface area contributed by atoms with Gasteiger partial charge in [0.15, 0.2) is 0 Å². The zero-order valence-electron chi connectivity index (χ0n) is 10.0. The van der Waals surface area contributed by atoms with Crippen molar-refractivity contribution < 1.29 is 22.7 Å². The smallest absolute Gasteiger partial charge is 0.321 e. The first-order valence-corrected chi connectivity index (χ1v) is 7.30. The highest BCUT2D eigenvalue weighted by Crippen LogP contribution is 2.03. The molecule has 0 radical (unpaired) electrons. The molecule has 0 saturated carbocycles. The van der Waals surface area contributed by atoms with Gasteiger partial charge < -0.3 is 9.47 Å². The lowest BCUT2D eigenvalue weighted by Crippen LogP contribution is -2.40. The van der Waals surface area contributed by atoms with Crippen LogP contribution < -0.4 is 0 Å². The summed E-state index contributed by atoms with van der Waals surface area (Å²) in [5.74, 6) is -0.812. The summed E-state index contributed by atoms with van der Waals surface area (Å²) in [5, 5.41) is 0. The molecule has 0 aromatic rings. The summed E-state index contributed by atoms with van der Waals surface area (Å²) >= 11 is 5.41. The van der Waals surface area contributed by atoms with Crippen molar-refractivity contribution in [3.05, 3.63) is 0 Å². The maximum absolute atomic E-state index is 11.8. The van der Waals surface area contributed by atoms with Crippen LogP contribution in [0.1, 0.15) is 6.92 Å². The number of hydrogen-bond donors (Lipinski definition) is 0. The van der Waals surface area contributed by atoms with E-state index in [4.69, 9.17) is 21.1 Å². The maximum Gasteiger partial charge on any atom is 0.321 e. The number of carbonyl (C=O) groups is 1. The molecule has 0 aliphatic rings. The molecule has 0 spiro atoms. The van der Waals surface area contributed by atoms with E-state index in [2.05, 4.69) is 0 Å². The number of methoxy groups -OCH3 is 1. The molecule has 6 nitrogen and oxygen atoms in total. The van der Waals surface area contributed by atoms with Crippen molar-refractivity contribution in [2.45, 2.75) is 6.92 Å². The first-order chi connectivity index (χ1) is 7.97. The average Bonchev–Trinajstić information content (AvgIpc) is 2.24. The van der Waals surface area contributed by atoms with Crippen molar-refractivity contribution in [2.24, 2.45) is 0 Å². The molecule has 0 aliphatic carbocycles. The lowest BCUT2D eigenvalue weighted by Gasteiger charge is -2.20. The minimum absolute atomic E-state index is 0.0192. The largest absolute Gasteiger partial charge is 0.465 e. The van der Waals surface area contributed by atoms with Crippen LogP contribution in [0.4, 0.5) is 0 Å². The minimum atomic E-state index is -3.54. The highest BCUT2D eigenvalue weighted by atomic mass is 35.5. The SMILES string of the molecule is CCOC(=O)CN(CCOC)S(=O)(=O)CCCl. The van der Waals surface area contributed by atoms with Crippen molar-refractivity contribution >= 4 is 27.6 Å². The van der Waals surface area contributed by atoms with Crippen LogP contribution in [0, 0.1) is 0 Å². The van der Waals surface area contributed by atoms with E-state index in [1.54, 1.807) is 6.92 Å². The Hall–Kier alpha value is -0.370. The standard InChI is InChI=1S/C9H18ClNO5S/c1-3-16-9(12)8-11(5-6-15-2)17(13,14)7-4-10/h3-8H2,1-2H3. The fraction of sp³-hybridized carbons (Fsp3) is 0.889. The van der Waals surface area contributed by atoms with Crippen LogP contribution in [-0.4, -0.2) is 63.7 Å². The molecule has 0 bridgehead atoms. The number of carbonyl (C=O) groups excluding carboxylic acids is 1. The van der Waals surface area contributed by atoms with E-state index in [0.717, 1.165) is 4.31 Å².